The maximum absolute atomic E-state index is 12.4. The van der Waals surface area contributed by atoms with E-state index in [0.717, 1.165) is 12.3 Å². The third kappa shape index (κ3) is 7.28. The fraction of sp³-hybridized carbons (Fsp3) is 0.500. The van der Waals surface area contributed by atoms with Crippen molar-refractivity contribution in [2.75, 3.05) is 55.1 Å². The van der Waals surface area contributed by atoms with Crippen molar-refractivity contribution in [1.82, 2.24) is 5.32 Å². The van der Waals surface area contributed by atoms with Crippen molar-refractivity contribution in [3.63, 3.8) is 0 Å². The van der Waals surface area contributed by atoms with E-state index in [0.29, 0.717) is 5.33 Å². The zero-order chi connectivity index (χ0) is 20.6. The summed E-state index contributed by atoms with van der Waals surface area (Å²) in [7, 11) is -3.69. The number of nitro benzene ring substituents is 1. The van der Waals surface area contributed by atoms with Crippen molar-refractivity contribution in [3.05, 3.63) is 27.8 Å². The summed E-state index contributed by atoms with van der Waals surface area (Å²) in [4.78, 5) is 24.7. The molecular weight excluding hydrogens is 448 g/mol. The van der Waals surface area contributed by atoms with Gasteiger partial charge in [0.25, 0.3) is 21.7 Å². The fourth-order valence-corrected chi connectivity index (χ4v) is 3.09. The minimum atomic E-state index is -3.69. The molecule has 0 bridgehead atoms. The van der Waals surface area contributed by atoms with E-state index in [9.17, 15) is 23.3 Å². The Labute approximate surface area is 164 Å². The van der Waals surface area contributed by atoms with E-state index in [1.54, 1.807) is 0 Å². The third-order valence-corrected chi connectivity index (χ3v) is 4.23. The minimum absolute atomic E-state index is 0.0128. The van der Waals surface area contributed by atoms with E-state index in [1.165, 1.54) is 11.0 Å². The van der Waals surface area contributed by atoms with Crippen LogP contribution in [0.4, 0.5) is 17.1 Å². The molecule has 0 aromatic heterocycles. The van der Waals surface area contributed by atoms with Gasteiger partial charge >= 0.3 is 0 Å². The zero-order valence-corrected chi connectivity index (χ0v) is 17.0. The van der Waals surface area contributed by atoms with Crippen molar-refractivity contribution in [3.8, 4) is 0 Å². The summed E-state index contributed by atoms with van der Waals surface area (Å²) >= 11 is 3.23. The summed E-state index contributed by atoms with van der Waals surface area (Å²) in [5, 5.41) is 23.2. The Balaban J connectivity index is 3.38. The molecule has 0 saturated heterocycles. The standard InChI is InChI=1S/C14H21BrN4O7S/c1-27(24,25)26-7-5-18(4-2-15)13-11(14(21)17-3-6-20)8-10(16)9-12(13)19(22)23/h8-9,20H,2-7,16H2,1H3,(H,17,21). The number of nitrogens with one attached hydrogen (secondary N) is 1. The molecule has 1 aromatic carbocycles. The van der Waals surface area contributed by atoms with Crippen LogP contribution in [-0.4, -0.2) is 68.8 Å². The number of nitrogens with zero attached hydrogens (tertiary/aromatic N) is 2. The monoisotopic (exact) mass is 468 g/mol. The molecule has 4 N–H and O–H groups in total. The lowest BCUT2D eigenvalue weighted by atomic mass is 10.1. The summed E-state index contributed by atoms with van der Waals surface area (Å²) in [6.07, 6.45) is 0.890. The molecule has 152 valence electrons. The fourth-order valence-electron chi connectivity index (χ4n) is 2.29. The molecule has 0 aliphatic heterocycles. The molecule has 27 heavy (non-hydrogen) atoms. The SMILES string of the molecule is CS(=O)(=O)OCCN(CCBr)c1c(C(=O)NCCO)cc(N)cc1[N+](=O)[O-]. The van der Waals surface area contributed by atoms with Crippen LogP contribution in [0, 0.1) is 10.1 Å². The highest BCUT2D eigenvalue weighted by Crippen LogP contribution is 2.34. The van der Waals surface area contributed by atoms with Crippen molar-refractivity contribution in [1.29, 1.82) is 0 Å². The van der Waals surface area contributed by atoms with Crippen molar-refractivity contribution in [2.45, 2.75) is 0 Å². The van der Waals surface area contributed by atoms with E-state index in [-0.39, 0.29) is 49.8 Å². The number of nitrogen functional groups attached to an aromatic ring is 1. The Bertz CT molecular complexity index is 788. The summed E-state index contributed by atoms with van der Waals surface area (Å²) in [5.41, 5.74) is 5.25. The lowest BCUT2D eigenvalue weighted by Crippen LogP contribution is -2.34. The molecular formula is C14H21BrN4O7S. The van der Waals surface area contributed by atoms with Gasteiger partial charge in [0.1, 0.15) is 5.69 Å². The molecule has 13 heteroatoms. The Morgan fingerprint density at radius 2 is 2.11 bits per heavy atom. The predicted octanol–water partition coefficient (Wildman–Crippen LogP) is 0.0766. The van der Waals surface area contributed by atoms with Crippen LogP contribution in [0.5, 0.6) is 0 Å². The number of aliphatic hydroxyl groups excluding tert-OH is 1. The quantitative estimate of drug-likeness (QED) is 0.134. The van der Waals surface area contributed by atoms with Gasteiger partial charge in [0, 0.05) is 36.7 Å². The van der Waals surface area contributed by atoms with E-state index >= 15 is 0 Å². The highest BCUT2D eigenvalue weighted by molar-refractivity contribution is 9.09. The number of nitrogens with two attached hydrogens (primary N) is 1. The summed E-state index contributed by atoms with van der Waals surface area (Å²) < 4.78 is 27.0. The number of hydrogen-bond acceptors (Lipinski definition) is 9. The zero-order valence-electron chi connectivity index (χ0n) is 14.6. The van der Waals surface area contributed by atoms with Crippen LogP contribution in [0.1, 0.15) is 10.4 Å². The molecule has 1 aromatic rings. The van der Waals surface area contributed by atoms with Crippen molar-refractivity contribution in [2.24, 2.45) is 0 Å². The van der Waals surface area contributed by atoms with Gasteiger partial charge in [0.2, 0.25) is 0 Å². The molecule has 0 heterocycles. The number of halogens is 1. The predicted molar refractivity (Wildman–Crippen MR) is 104 cm³/mol. The van der Waals surface area contributed by atoms with Gasteiger partial charge in [-0.15, -0.1) is 0 Å². The highest BCUT2D eigenvalue weighted by atomic mass is 79.9. The lowest BCUT2D eigenvalue weighted by Gasteiger charge is -2.26. The second-order valence-corrected chi connectivity index (χ2v) is 7.81. The van der Waals surface area contributed by atoms with Gasteiger partial charge in [-0.1, -0.05) is 15.9 Å². The largest absolute Gasteiger partial charge is 0.399 e. The normalized spacial score (nSPS) is 11.2. The van der Waals surface area contributed by atoms with Gasteiger partial charge in [0.05, 0.1) is 30.0 Å². The van der Waals surface area contributed by atoms with Crippen LogP contribution in [0.2, 0.25) is 0 Å². The molecule has 0 fully saturated rings. The molecule has 0 unspecified atom stereocenters. The number of carbonyl (C=O) groups excluding carboxylic acids is 1. The van der Waals surface area contributed by atoms with E-state index in [2.05, 4.69) is 21.2 Å². The van der Waals surface area contributed by atoms with Crippen LogP contribution >= 0.6 is 15.9 Å². The van der Waals surface area contributed by atoms with Crippen LogP contribution in [-0.2, 0) is 14.3 Å². The highest BCUT2D eigenvalue weighted by Gasteiger charge is 2.27. The first-order valence-electron chi connectivity index (χ1n) is 7.73. The third-order valence-electron chi connectivity index (χ3n) is 3.28. The smallest absolute Gasteiger partial charge is 0.295 e. The van der Waals surface area contributed by atoms with E-state index in [1.807, 2.05) is 0 Å². The van der Waals surface area contributed by atoms with Gasteiger partial charge in [-0.25, -0.2) is 0 Å². The first-order chi connectivity index (χ1) is 12.6. The second kappa shape index (κ2) is 10.4. The Hall–Kier alpha value is -1.96. The topological polar surface area (TPSA) is 165 Å². The summed E-state index contributed by atoms with van der Waals surface area (Å²) in [6.45, 7) is -0.401. The maximum Gasteiger partial charge on any atom is 0.295 e. The summed E-state index contributed by atoms with van der Waals surface area (Å²) in [6, 6.07) is 2.41. The van der Waals surface area contributed by atoms with E-state index < -0.39 is 26.6 Å². The number of rotatable bonds is 11. The number of amides is 1. The molecule has 0 saturated carbocycles. The van der Waals surface area contributed by atoms with Gasteiger partial charge in [-0.2, -0.15) is 8.42 Å². The average Bonchev–Trinajstić information content (AvgIpc) is 2.57. The summed E-state index contributed by atoms with van der Waals surface area (Å²) in [5.74, 6) is -0.655. The molecule has 1 amide bonds. The van der Waals surface area contributed by atoms with E-state index in [4.69, 9.17) is 15.0 Å². The number of carbonyl (C=O) groups is 1. The Morgan fingerprint density at radius 3 is 2.63 bits per heavy atom. The maximum atomic E-state index is 12.4. The van der Waals surface area contributed by atoms with Gasteiger partial charge < -0.3 is 21.1 Å². The van der Waals surface area contributed by atoms with Crippen LogP contribution in [0.3, 0.4) is 0 Å². The Kier molecular flexibility index (Phi) is 8.88. The second-order valence-electron chi connectivity index (χ2n) is 5.37. The number of alkyl halides is 1. The molecule has 0 atom stereocenters. The van der Waals surface area contributed by atoms with Gasteiger partial charge in [-0.3, -0.25) is 19.1 Å². The van der Waals surface area contributed by atoms with Gasteiger partial charge in [0.15, 0.2) is 0 Å². The minimum Gasteiger partial charge on any atom is -0.399 e. The molecule has 0 aliphatic carbocycles. The van der Waals surface area contributed by atoms with Crippen LogP contribution in [0.25, 0.3) is 0 Å². The number of anilines is 2. The van der Waals surface area contributed by atoms with Crippen molar-refractivity contribution >= 4 is 49.0 Å². The molecule has 11 nitrogen and oxygen atoms in total. The number of nitro groups is 1. The number of aliphatic hydroxyl groups is 1. The number of hydrogen-bond donors (Lipinski definition) is 3. The average molecular weight is 469 g/mol. The Morgan fingerprint density at radius 1 is 1.44 bits per heavy atom. The van der Waals surface area contributed by atoms with Crippen molar-refractivity contribution < 1.29 is 27.4 Å². The molecule has 1 rings (SSSR count). The lowest BCUT2D eigenvalue weighted by molar-refractivity contribution is -0.384. The first kappa shape index (κ1) is 23.1. The van der Waals surface area contributed by atoms with Crippen LogP contribution < -0.4 is 16.0 Å². The van der Waals surface area contributed by atoms with Gasteiger partial charge in [-0.05, 0) is 6.07 Å². The first-order valence-corrected chi connectivity index (χ1v) is 10.7. The molecule has 0 radical (unpaired) electrons. The number of benzene rings is 1. The van der Waals surface area contributed by atoms with Crippen LogP contribution in [0.15, 0.2) is 12.1 Å². The molecule has 0 spiro atoms. The molecule has 0 aliphatic rings.